The zero-order valence-corrected chi connectivity index (χ0v) is 17.1. The normalized spacial score (nSPS) is 18.4. The lowest BCUT2D eigenvalue weighted by molar-refractivity contribution is -0.134. The predicted molar refractivity (Wildman–Crippen MR) is 112 cm³/mol. The van der Waals surface area contributed by atoms with Crippen LogP contribution in [0.3, 0.4) is 0 Å². The van der Waals surface area contributed by atoms with E-state index in [-0.39, 0.29) is 30.9 Å². The maximum absolute atomic E-state index is 13.1. The number of halogens is 1. The van der Waals surface area contributed by atoms with E-state index >= 15 is 0 Å². The van der Waals surface area contributed by atoms with Gasteiger partial charge in [0.2, 0.25) is 5.91 Å². The maximum atomic E-state index is 13.1. The van der Waals surface area contributed by atoms with Crippen LogP contribution in [0.4, 0.5) is 0 Å². The molecule has 1 N–H and O–H groups in total. The first kappa shape index (κ1) is 21.0. The molecular weight excluding hydrogens is 390 g/mol. The smallest absolute Gasteiger partial charge is 0.262 e. The highest BCUT2D eigenvalue weighted by atomic mass is 35.5. The van der Waals surface area contributed by atoms with Crippen molar-refractivity contribution in [2.45, 2.75) is 19.4 Å². The number of imide groups is 1. The third-order valence-corrected chi connectivity index (χ3v) is 5.51. The summed E-state index contributed by atoms with van der Waals surface area (Å²) in [4.78, 5) is 41.0. The lowest BCUT2D eigenvalue weighted by atomic mass is 10.0. The largest absolute Gasteiger partial charge is 0.332 e. The maximum Gasteiger partial charge on any atom is 0.262 e. The first-order chi connectivity index (χ1) is 13.6. The van der Waals surface area contributed by atoms with E-state index in [1.807, 2.05) is 0 Å². The van der Waals surface area contributed by atoms with Crippen molar-refractivity contribution in [1.82, 2.24) is 15.1 Å². The number of amides is 3. The van der Waals surface area contributed by atoms with E-state index in [1.54, 1.807) is 29.2 Å². The van der Waals surface area contributed by atoms with Gasteiger partial charge in [-0.2, -0.15) is 0 Å². The molecule has 0 spiro atoms. The standard InChI is InChI=1S/C22H23N3O3.ClH/c1-2-15-7-9-16(10-8-15)19-13-23-11-12-24(19)20(26)14-25-21(27)17-5-3-4-6-18(17)22(25)28;/h3-10,19,23H,2,11-14H2,1H3;1H. The third-order valence-electron chi connectivity index (χ3n) is 5.51. The van der Waals surface area contributed by atoms with E-state index in [0.29, 0.717) is 30.8 Å². The second-order valence-corrected chi connectivity index (χ2v) is 7.14. The van der Waals surface area contributed by atoms with Crippen molar-refractivity contribution in [2.75, 3.05) is 26.2 Å². The zero-order chi connectivity index (χ0) is 19.7. The van der Waals surface area contributed by atoms with Crippen molar-refractivity contribution in [1.29, 1.82) is 0 Å². The minimum atomic E-state index is -0.395. The van der Waals surface area contributed by atoms with Gasteiger partial charge in [-0.15, -0.1) is 12.4 Å². The topological polar surface area (TPSA) is 69.7 Å². The Hall–Kier alpha value is -2.70. The summed E-state index contributed by atoms with van der Waals surface area (Å²) in [7, 11) is 0. The van der Waals surface area contributed by atoms with Gasteiger partial charge in [0.25, 0.3) is 11.8 Å². The fourth-order valence-electron chi connectivity index (χ4n) is 3.88. The van der Waals surface area contributed by atoms with Crippen molar-refractivity contribution >= 4 is 30.1 Å². The van der Waals surface area contributed by atoms with Crippen LogP contribution in [0.5, 0.6) is 0 Å². The molecule has 0 aliphatic carbocycles. The molecule has 1 unspecified atom stereocenters. The summed E-state index contributed by atoms with van der Waals surface area (Å²) in [6.45, 7) is 3.77. The number of piperazine rings is 1. The highest BCUT2D eigenvalue weighted by Crippen LogP contribution is 2.26. The summed E-state index contributed by atoms with van der Waals surface area (Å²) in [5, 5.41) is 3.33. The SMILES string of the molecule is CCc1ccc(C2CNCCN2C(=O)CN2C(=O)c3ccccc3C2=O)cc1.Cl. The van der Waals surface area contributed by atoms with Crippen LogP contribution in [-0.4, -0.2) is 53.7 Å². The summed E-state index contributed by atoms with van der Waals surface area (Å²) in [6, 6.07) is 14.9. The molecule has 2 heterocycles. The number of carbonyl (C=O) groups is 3. The average Bonchev–Trinajstić information content (AvgIpc) is 2.99. The number of nitrogens with zero attached hydrogens (tertiary/aromatic N) is 2. The van der Waals surface area contributed by atoms with Crippen molar-refractivity contribution in [2.24, 2.45) is 0 Å². The summed E-state index contributed by atoms with van der Waals surface area (Å²) >= 11 is 0. The van der Waals surface area contributed by atoms with Gasteiger partial charge >= 0.3 is 0 Å². The number of hydrogen-bond donors (Lipinski definition) is 1. The van der Waals surface area contributed by atoms with E-state index in [4.69, 9.17) is 0 Å². The summed E-state index contributed by atoms with van der Waals surface area (Å²) < 4.78 is 0. The summed E-state index contributed by atoms with van der Waals surface area (Å²) in [6.07, 6.45) is 0.964. The van der Waals surface area contributed by atoms with Crippen LogP contribution in [0, 0.1) is 0 Å². The fourth-order valence-corrected chi connectivity index (χ4v) is 3.88. The molecule has 2 aliphatic rings. The quantitative estimate of drug-likeness (QED) is 0.781. The van der Waals surface area contributed by atoms with Gasteiger partial charge in [0.05, 0.1) is 17.2 Å². The molecule has 1 saturated heterocycles. The number of hydrogen-bond acceptors (Lipinski definition) is 4. The van der Waals surface area contributed by atoms with E-state index < -0.39 is 11.8 Å². The van der Waals surface area contributed by atoms with Crippen molar-refractivity contribution in [3.05, 3.63) is 70.8 Å². The Labute approximate surface area is 176 Å². The second kappa shape index (κ2) is 8.76. The number of fused-ring (bicyclic) bond motifs is 1. The molecule has 29 heavy (non-hydrogen) atoms. The summed E-state index contributed by atoms with van der Waals surface area (Å²) in [5.41, 5.74) is 3.04. The molecule has 0 radical (unpaired) electrons. The van der Waals surface area contributed by atoms with Gasteiger partial charge in [0.1, 0.15) is 6.54 Å². The van der Waals surface area contributed by atoms with Gasteiger partial charge < -0.3 is 10.2 Å². The molecular formula is C22H24ClN3O3. The minimum absolute atomic E-state index is 0. The highest BCUT2D eigenvalue weighted by Gasteiger charge is 2.38. The molecule has 2 aromatic carbocycles. The van der Waals surface area contributed by atoms with Gasteiger partial charge in [0.15, 0.2) is 0 Å². The van der Waals surface area contributed by atoms with Gasteiger partial charge in [-0.25, -0.2) is 0 Å². The third kappa shape index (κ3) is 3.91. The van der Waals surface area contributed by atoms with Gasteiger partial charge in [-0.3, -0.25) is 19.3 Å². The minimum Gasteiger partial charge on any atom is -0.332 e. The Balaban J connectivity index is 0.00000240. The van der Waals surface area contributed by atoms with Crippen LogP contribution >= 0.6 is 12.4 Å². The van der Waals surface area contributed by atoms with Crippen LogP contribution < -0.4 is 5.32 Å². The molecule has 7 heteroatoms. The number of aryl methyl sites for hydroxylation is 1. The molecule has 152 valence electrons. The molecule has 0 bridgehead atoms. The second-order valence-electron chi connectivity index (χ2n) is 7.14. The van der Waals surface area contributed by atoms with Gasteiger partial charge in [0, 0.05) is 19.6 Å². The monoisotopic (exact) mass is 413 g/mol. The molecule has 6 nitrogen and oxygen atoms in total. The first-order valence-electron chi connectivity index (χ1n) is 9.64. The highest BCUT2D eigenvalue weighted by molar-refractivity contribution is 6.22. The Morgan fingerprint density at radius 3 is 2.24 bits per heavy atom. The van der Waals surface area contributed by atoms with Gasteiger partial charge in [-0.05, 0) is 29.7 Å². The molecule has 1 atom stereocenters. The van der Waals surface area contributed by atoms with Crippen LogP contribution in [-0.2, 0) is 11.2 Å². The van der Waals surface area contributed by atoms with E-state index in [9.17, 15) is 14.4 Å². The van der Waals surface area contributed by atoms with Crippen LogP contribution in [0.15, 0.2) is 48.5 Å². The van der Waals surface area contributed by atoms with Crippen LogP contribution in [0.25, 0.3) is 0 Å². The number of nitrogens with one attached hydrogen (secondary N) is 1. The number of carbonyl (C=O) groups excluding carboxylic acids is 3. The van der Waals surface area contributed by atoms with E-state index in [2.05, 4.69) is 36.5 Å². The molecule has 1 fully saturated rings. The molecule has 3 amide bonds. The Morgan fingerprint density at radius 1 is 1.03 bits per heavy atom. The number of rotatable bonds is 4. The summed E-state index contributed by atoms with van der Waals surface area (Å²) in [5.74, 6) is -0.999. The molecule has 2 aliphatic heterocycles. The lowest BCUT2D eigenvalue weighted by Gasteiger charge is -2.37. The van der Waals surface area contributed by atoms with Gasteiger partial charge in [-0.1, -0.05) is 43.3 Å². The van der Waals surface area contributed by atoms with Crippen molar-refractivity contribution < 1.29 is 14.4 Å². The van der Waals surface area contributed by atoms with Crippen molar-refractivity contribution in [3.8, 4) is 0 Å². The lowest BCUT2D eigenvalue weighted by Crippen LogP contribution is -2.52. The van der Waals surface area contributed by atoms with Crippen molar-refractivity contribution in [3.63, 3.8) is 0 Å². The Kier molecular flexibility index (Phi) is 6.35. The Morgan fingerprint density at radius 2 is 1.66 bits per heavy atom. The van der Waals surface area contributed by atoms with E-state index in [1.165, 1.54) is 5.56 Å². The zero-order valence-electron chi connectivity index (χ0n) is 16.3. The first-order valence-corrected chi connectivity index (χ1v) is 9.64. The molecule has 2 aromatic rings. The molecule has 4 rings (SSSR count). The average molecular weight is 414 g/mol. The van der Waals surface area contributed by atoms with E-state index in [0.717, 1.165) is 16.9 Å². The Bertz CT molecular complexity index is 894. The van der Waals surface area contributed by atoms with Crippen LogP contribution in [0.1, 0.15) is 44.8 Å². The number of benzene rings is 2. The predicted octanol–water partition coefficient (Wildman–Crippen LogP) is 2.44. The van der Waals surface area contributed by atoms with Crippen LogP contribution in [0.2, 0.25) is 0 Å². The fraction of sp³-hybridized carbons (Fsp3) is 0.318. The molecule has 0 saturated carbocycles. The molecule has 0 aromatic heterocycles.